The van der Waals surface area contributed by atoms with Crippen LogP contribution in [0.2, 0.25) is 5.02 Å². The minimum Gasteiger partial charge on any atom is -0.341 e. The minimum atomic E-state index is -0.598. The Morgan fingerprint density at radius 3 is 2.31 bits per heavy atom. The molecule has 0 spiro atoms. The number of benzene rings is 2. The molecule has 2 aromatic carbocycles. The van der Waals surface area contributed by atoms with Gasteiger partial charge in [0.05, 0.1) is 10.6 Å². The van der Waals surface area contributed by atoms with Gasteiger partial charge in [0.15, 0.2) is 0 Å². The van der Waals surface area contributed by atoms with Crippen LogP contribution >= 0.6 is 11.6 Å². The lowest BCUT2D eigenvalue weighted by Crippen LogP contribution is -2.51. The van der Waals surface area contributed by atoms with Crippen LogP contribution < -0.4 is 5.32 Å². The Balaban J connectivity index is 1.78. The van der Waals surface area contributed by atoms with Crippen molar-refractivity contribution >= 4 is 23.4 Å². The third-order valence-electron chi connectivity index (χ3n) is 4.67. The number of nitrogens with one attached hydrogen (secondary N) is 1. The molecular formula is C21H23ClN2O2. The van der Waals surface area contributed by atoms with Gasteiger partial charge in [0.2, 0.25) is 5.91 Å². The summed E-state index contributed by atoms with van der Waals surface area (Å²) in [6.07, 6.45) is 3.65. The molecule has 5 heteroatoms. The number of carbonyl (C=O) groups excluding carboxylic acids is 2. The highest BCUT2D eigenvalue weighted by molar-refractivity contribution is 6.33. The highest BCUT2D eigenvalue weighted by atomic mass is 35.5. The van der Waals surface area contributed by atoms with Crippen LogP contribution in [-0.2, 0) is 11.2 Å². The number of nitrogens with zero attached hydrogens (tertiary/aromatic N) is 1. The fourth-order valence-corrected chi connectivity index (χ4v) is 3.49. The van der Waals surface area contributed by atoms with Crippen LogP contribution in [0.3, 0.4) is 0 Å². The maximum Gasteiger partial charge on any atom is 0.253 e. The maximum absolute atomic E-state index is 13.0. The molecule has 0 aliphatic carbocycles. The Labute approximate surface area is 159 Å². The highest BCUT2D eigenvalue weighted by Crippen LogP contribution is 2.17. The molecular weight excluding hydrogens is 348 g/mol. The predicted octanol–water partition coefficient (Wildman–Crippen LogP) is 3.69. The van der Waals surface area contributed by atoms with E-state index in [0.29, 0.717) is 17.0 Å². The van der Waals surface area contributed by atoms with E-state index in [-0.39, 0.29) is 11.8 Å². The van der Waals surface area contributed by atoms with Gasteiger partial charge in [-0.3, -0.25) is 9.59 Å². The molecule has 1 aliphatic heterocycles. The van der Waals surface area contributed by atoms with Crippen LogP contribution in [0.25, 0.3) is 0 Å². The first-order valence-corrected chi connectivity index (χ1v) is 9.41. The van der Waals surface area contributed by atoms with Crippen molar-refractivity contribution in [3.05, 3.63) is 70.7 Å². The smallest absolute Gasteiger partial charge is 0.253 e. The minimum absolute atomic E-state index is 0.0195. The first kappa shape index (κ1) is 18.5. The van der Waals surface area contributed by atoms with Crippen LogP contribution in [-0.4, -0.2) is 35.8 Å². The van der Waals surface area contributed by atoms with Crippen LogP contribution in [0.5, 0.6) is 0 Å². The lowest BCUT2D eigenvalue weighted by molar-refractivity contribution is -0.134. The lowest BCUT2D eigenvalue weighted by Gasteiger charge is -2.31. The molecule has 1 aliphatic rings. The van der Waals surface area contributed by atoms with E-state index in [4.69, 9.17) is 11.6 Å². The van der Waals surface area contributed by atoms with Crippen LogP contribution in [0.15, 0.2) is 54.6 Å². The number of carbonyl (C=O) groups is 2. The summed E-state index contributed by atoms with van der Waals surface area (Å²) < 4.78 is 0. The topological polar surface area (TPSA) is 49.4 Å². The van der Waals surface area contributed by atoms with Crippen molar-refractivity contribution in [2.24, 2.45) is 0 Å². The van der Waals surface area contributed by atoms with Crippen molar-refractivity contribution in [2.45, 2.75) is 31.7 Å². The van der Waals surface area contributed by atoms with E-state index in [1.165, 1.54) is 0 Å². The largest absolute Gasteiger partial charge is 0.341 e. The van der Waals surface area contributed by atoms with Gasteiger partial charge in [-0.1, -0.05) is 54.1 Å². The van der Waals surface area contributed by atoms with Gasteiger partial charge < -0.3 is 10.2 Å². The van der Waals surface area contributed by atoms with Crippen molar-refractivity contribution in [1.82, 2.24) is 10.2 Å². The Hall–Kier alpha value is -2.33. The monoisotopic (exact) mass is 370 g/mol. The van der Waals surface area contributed by atoms with Gasteiger partial charge in [-0.25, -0.2) is 0 Å². The molecule has 26 heavy (non-hydrogen) atoms. The molecule has 2 amide bonds. The van der Waals surface area contributed by atoms with Gasteiger partial charge in [-0.15, -0.1) is 0 Å². The standard InChI is InChI=1S/C21H23ClN2O2/c22-18-12-6-5-11-17(18)20(25)23-19(15-16-9-3-1-4-10-16)21(26)24-13-7-2-8-14-24/h1,3-6,9-12,19H,2,7-8,13-15H2,(H,23,25)/t19-/m0/s1. The van der Waals surface area contributed by atoms with Gasteiger partial charge in [-0.2, -0.15) is 0 Å². The molecule has 1 saturated heterocycles. The molecule has 1 heterocycles. The fourth-order valence-electron chi connectivity index (χ4n) is 3.27. The van der Waals surface area contributed by atoms with Gasteiger partial charge in [0.1, 0.15) is 6.04 Å². The summed E-state index contributed by atoms with van der Waals surface area (Å²) in [4.78, 5) is 27.6. The van der Waals surface area contributed by atoms with Gasteiger partial charge in [0.25, 0.3) is 5.91 Å². The number of hydrogen-bond acceptors (Lipinski definition) is 2. The number of rotatable bonds is 5. The normalized spacial score (nSPS) is 15.3. The van der Waals surface area contributed by atoms with E-state index in [1.807, 2.05) is 35.2 Å². The van der Waals surface area contributed by atoms with Crippen molar-refractivity contribution in [1.29, 1.82) is 0 Å². The molecule has 0 bridgehead atoms. The zero-order chi connectivity index (χ0) is 18.4. The second kappa shape index (κ2) is 8.86. The van der Waals surface area contributed by atoms with Crippen LogP contribution in [0.1, 0.15) is 35.2 Å². The Morgan fingerprint density at radius 2 is 1.62 bits per heavy atom. The zero-order valence-corrected chi connectivity index (χ0v) is 15.4. The molecule has 0 unspecified atom stereocenters. The molecule has 2 aromatic rings. The van der Waals surface area contributed by atoms with Crippen molar-refractivity contribution in [3.8, 4) is 0 Å². The average molecular weight is 371 g/mol. The molecule has 1 N–H and O–H groups in total. The third-order valence-corrected chi connectivity index (χ3v) is 5.00. The third kappa shape index (κ3) is 4.64. The predicted molar refractivity (Wildman–Crippen MR) is 103 cm³/mol. The second-order valence-corrected chi connectivity index (χ2v) is 6.99. The molecule has 0 radical (unpaired) electrons. The molecule has 0 aromatic heterocycles. The van der Waals surface area contributed by atoms with Crippen molar-refractivity contribution < 1.29 is 9.59 Å². The summed E-state index contributed by atoms with van der Waals surface area (Å²) in [6, 6.07) is 16.0. The van der Waals surface area contributed by atoms with E-state index in [0.717, 1.165) is 37.9 Å². The van der Waals surface area contributed by atoms with Crippen LogP contribution in [0.4, 0.5) is 0 Å². The lowest BCUT2D eigenvalue weighted by atomic mass is 10.0. The van der Waals surface area contributed by atoms with Crippen molar-refractivity contribution in [2.75, 3.05) is 13.1 Å². The van der Waals surface area contributed by atoms with Gasteiger partial charge in [-0.05, 0) is 37.0 Å². The molecule has 0 saturated carbocycles. The number of likely N-dealkylation sites (tertiary alicyclic amines) is 1. The summed E-state index contributed by atoms with van der Waals surface area (Å²) in [5.41, 5.74) is 1.40. The second-order valence-electron chi connectivity index (χ2n) is 6.58. The van der Waals surface area contributed by atoms with Crippen molar-refractivity contribution in [3.63, 3.8) is 0 Å². The van der Waals surface area contributed by atoms with E-state index >= 15 is 0 Å². The van der Waals surface area contributed by atoms with E-state index in [2.05, 4.69) is 5.32 Å². The maximum atomic E-state index is 13.0. The quantitative estimate of drug-likeness (QED) is 0.872. The molecule has 1 fully saturated rings. The zero-order valence-electron chi connectivity index (χ0n) is 14.7. The van der Waals surface area contributed by atoms with Gasteiger partial charge in [0, 0.05) is 19.5 Å². The van der Waals surface area contributed by atoms with Crippen LogP contribution in [0, 0.1) is 0 Å². The van der Waals surface area contributed by atoms with E-state index in [9.17, 15) is 9.59 Å². The van der Waals surface area contributed by atoms with E-state index < -0.39 is 6.04 Å². The molecule has 136 valence electrons. The summed E-state index contributed by atoms with van der Waals surface area (Å²) in [7, 11) is 0. The molecule has 1 atom stereocenters. The summed E-state index contributed by atoms with van der Waals surface area (Å²) in [6.45, 7) is 1.51. The molecule has 3 rings (SSSR count). The molecule has 4 nitrogen and oxygen atoms in total. The highest BCUT2D eigenvalue weighted by Gasteiger charge is 2.28. The first-order chi connectivity index (χ1) is 12.6. The number of hydrogen-bond donors (Lipinski definition) is 1. The SMILES string of the molecule is O=C(N[C@@H](Cc1ccccc1)C(=O)N1CCCCC1)c1ccccc1Cl. The number of piperidine rings is 1. The van der Waals surface area contributed by atoms with Gasteiger partial charge >= 0.3 is 0 Å². The Kier molecular flexibility index (Phi) is 6.29. The summed E-state index contributed by atoms with van der Waals surface area (Å²) >= 11 is 6.13. The number of amides is 2. The summed E-state index contributed by atoms with van der Waals surface area (Å²) in [5, 5.41) is 3.29. The number of halogens is 1. The summed E-state index contributed by atoms with van der Waals surface area (Å²) in [5.74, 6) is -0.337. The van der Waals surface area contributed by atoms with E-state index in [1.54, 1.807) is 24.3 Å². The fraction of sp³-hybridized carbons (Fsp3) is 0.333. The Morgan fingerprint density at radius 1 is 0.962 bits per heavy atom. The average Bonchev–Trinajstić information content (AvgIpc) is 2.68. The Bertz CT molecular complexity index is 758. The first-order valence-electron chi connectivity index (χ1n) is 9.03.